The maximum Gasteiger partial charge on any atom is 0.414 e. The van der Waals surface area contributed by atoms with Crippen molar-refractivity contribution in [3.05, 3.63) is 60.2 Å². The molecule has 2 aromatic rings. The molecular weight excluding hydrogens is 386 g/mol. The average Bonchev–Trinajstić information content (AvgIpc) is 3.25. The van der Waals surface area contributed by atoms with E-state index in [0.717, 1.165) is 24.6 Å². The van der Waals surface area contributed by atoms with Crippen LogP contribution in [0.2, 0.25) is 0 Å². The Morgan fingerprint density at radius 1 is 0.933 bits per heavy atom. The summed E-state index contributed by atoms with van der Waals surface area (Å²) in [6, 6.07) is 18.9. The third-order valence-corrected chi connectivity index (χ3v) is 5.53. The molecule has 1 atom stereocenters. The van der Waals surface area contributed by atoms with Crippen LogP contribution in [0.15, 0.2) is 54.6 Å². The first-order chi connectivity index (χ1) is 14.5. The van der Waals surface area contributed by atoms with Crippen LogP contribution >= 0.6 is 0 Å². The Balaban J connectivity index is 0.000000377. The predicted molar refractivity (Wildman–Crippen MR) is 111 cm³/mol. The topological polar surface area (TPSA) is 105 Å². The van der Waals surface area contributed by atoms with E-state index < -0.39 is 11.9 Å². The Bertz CT molecular complexity index is 836. The number of hydrogen-bond donors (Lipinski definition) is 3. The fourth-order valence-electron chi connectivity index (χ4n) is 4.05. The number of ether oxygens (including phenoxy) is 2. The van der Waals surface area contributed by atoms with Gasteiger partial charge in [0.05, 0.1) is 0 Å². The van der Waals surface area contributed by atoms with E-state index in [-0.39, 0.29) is 11.5 Å². The van der Waals surface area contributed by atoms with E-state index in [2.05, 4.69) is 35.6 Å². The molecule has 4 rings (SSSR count). The highest BCUT2D eigenvalue weighted by atomic mass is 16.6. The lowest BCUT2D eigenvalue weighted by molar-refractivity contribution is -0.159. The Kier molecular flexibility index (Phi) is 7.30. The Hall–Kier alpha value is -3.06. The Morgan fingerprint density at radius 3 is 2.17 bits per heavy atom. The number of para-hydroxylation sites is 2. The lowest BCUT2D eigenvalue weighted by Crippen LogP contribution is -2.43. The molecule has 1 aliphatic carbocycles. The van der Waals surface area contributed by atoms with Crippen LogP contribution in [0.3, 0.4) is 0 Å². The van der Waals surface area contributed by atoms with Crippen molar-refractivity contribution in [2.45, 2.75) is 37.2 Å². The molecule has 3 N–H and O–H groups in total. The summed E-state index contributed by atoms with van der Waals surface area (Å²) < 4.78 is 11.9. The molecule has 2 aliphatic rings. The molecule has 30 heavy (non-hydrogen) atoms. The van der Waals surface area contributed by atoms with Crippen LogP contribution in [-0.2, 0) is 15.0 Å². The van der Waals surface area contributed by atoms with Crippen LogP contribution in [0.5, 0.6) is 11.5 Å². The molecule has 2 aromatic carbocycles. The monoisotopic (exact) mass is 413 g/mol. The molecule has 0 radical (unpaired) electrons. The molecule has 160 valence electrons. The first-order valence-electron chi connectivity index (χ1n) is 10.1. The van der Waals surface area contributed by atoms with Gasteiger partial charge in [-0.25, -0.2) is 9.59 Å². The summed E-state index contributed by atoms with van der Waals surface area (Å²) in [5, 5.41) is 18.4. The van der Waals surface area contributed by atoms with Crippen LogP contribution in [0.4, 0.5) is 0 Å². The van der Waals surface area contributed by atoms with E-state index in [4.69, 9.17) is 29.3 Å². The second kappa shape index (κ2) is 10.1. The molecule has 1 heterocycles. The molecule has 1 unspecified atom stereocenters. The van der Waals surface area contributed by atoms with Gasteiger partial charge in [-0.1, -0.05) is 55.3 Å². The third-order valence-electron chi connectivity index (χ3n) is 5.53. The van der Waals surface area contributed by atoms with Crippen LogP contribution in [0.25, 0.3) is 0 Å². The normalized spacial score (nSPS) is 18.7. The summed E-state index contributed by atoms with van der Waals surface area (Å²) in [5.41, 5.74) is 1.76. The van der Waals surface area contributed by atoms with Gasteiger partial charge >= 0.3 is 11.9 Å². The van der Waals surface area contributed by atoms with Gasteiger partial charge in [-0.2, -0.15) is 0 Å². The van der Waals surface area contributed by atoms with E-state index in [1.54, 1.807) is 0 Å². The van der Waals surface area contributed by atoms with Crippen molar-refractivity contribution in [3.63, 3.8) is 0 Å². The fraction of sp³-hybridized carbons (Fsp3) is 0.391. The van der Waals surface area contributed by atoms with Gasteiger partial charge in [0.2, 0.25) is 0 Å². The quantitative estimate of drug-likeness (QED) is 0.647. The molecule has 0 bridgehead atoms. The van der Waals surface area contributed by atoms with Gasteiger partial charge in [0.25, 0.3) is 0 Å². The molecule has 1 fully saturated rings. The standard InChI is InChI=1S/C21H25NO2.C2H2O4/c1-2-8-17(9-3-1)21(12-6-7-13-21)16-22-14-18-15-23-19-10-4-5-11-20(19)24-18;3-1(4)2(5)6/h1-5,8-11,18,22H,6-7,12-16H2;(H,3,4)(H,5,6). The molecule has 1 saturated carbocycles. The number of carbonyl (C=O) groups is 2. The number of rotatable bonds is 5. The number of carboxylic acids is 2. The first kappa shape index (κ1) is 21.6. The minimum absolute atomic E-state index is 0.0779. The van der Waals surface area contributed by atoms with Crippen molar-refractivity contribution in [1.82, 2.24) is 5.32 Å². The highest BCUT2D eigenvalue weighted by molar-refractivity contribution is 6.27. The van der Waals surface area contributed by atoms with E-state index >= 15 is 0 Å². The number of nitrogens with one attached hydrogen (secondary N) is 1. The van der Waals surface area contributed by atoms with Gasteiger partial charge in [-0.3, -0.25) is 0 Å². The summed E-state index contributed by atoms with van der Waals surface area (Å²) >= 11 is 0. The highest BCUT2D eigenvalue weighted by Gasteiger charge is 2.35. The predicted octanol–water partition coefficient (Wildman–Crippen LogP) is 3.08. The van der Waals surface area contributed by atoms with Gasteiger partial charge in [-0.15, -0.1) is 0 Å². The molecule has 0 saturated heterocycles. The van der Waals surface area contributed by atoms with E-state index in [1.807, 2.05) is 24.3 Å². The van der Waals surface area contributed by atoms with E-state index in [1.165, 1.54) is 31.2 Å². The summed E-state index contributed by atoms with van der Waals surface area (Å²) in [7, 11) is 0. The molecule has 0 spiro atoms. The van der Waals surface area contributed by atoms with Crippen molar-refractivity contribution in [3.8, 4) is 11.5 Å². The zero-order valence-electron chi connectivity index (χ0n) is 16.8. The van der Waals surface area contributed by atoms with E-state index in [0.29, 0.717) is 6.61 Å². The van der Waals surface area contributed by atoms with Crippen molar-refractivity contribution >= 4 is 11.9 Å². The minimum Gasteiger partial charge on any atom is -0.486 e. The van der Waals surface area contributed by atoms with Crippen LogP contribution < -0.4 is 14.8 Å². The zero-order chi connectivity index (χ0) is 21.4. The lowest BCUT2D eigenvalue weighted by Gasteiger charge is -2.32. The number of hydrogen-bond acceptors (Lipinski definition) is 5. The summed E-state index contributed by atoms with van der Waals surface area (Å²) in [6.45, 7) is 2.45. The maximum absolute atomic E-state index is 9.10. The lowest BCUT2D eigenvalue weighted by atomic mass is 9.79. The van der Waals surface area contributed by atoms with Gasteiger partial charge < -0.3 is 25.0 Å². The average molecular weight is 413 g/mol. The first-order valence-corrected chi connectivity index (χ1v) is 10.1. The highest BCUT2D eigenvalue weighted by Crippen LogP contribution is 2.40. The minimum atomic E-state index is -1.82. The number of aliphatic carboxylic acids is 2. The Morgan fingerprint density at radius 2 is 1.53 bits per heavy atom. The molecule has 7 nitrogen and oxygen atoms in total. The van der Waals surface area contributed by atoms with Crippen molar-refractivity contribution in [2.24, 2.45) is 0 Å². The van der Waals surface area contributed by atoms with Crippen LogP contribution in [-0.4, -0.2) is 48.0 Å². The fourth-order valence-corrected chi connectivity index (χ4v) is 4.05. The molecular formula is C23H27NO6. The number of carboxylic acid groups (broad SMARTS) is 2. The van der Waals surface area contributed by atoms with Crippen molar-refractivity contribution in [1.29, 1.82) is 0 Å². The zero-order valence-corrected chi connectivity index (χ0v) is 16.8. The maximum atomic E-state index is 9.10. The largest absolute Gasteiger partial charge is 0.486 e. The van der Waals surface area contributed by atoms with Gasteiger partial charge in [0.15, 0.2) is 11.5 Å². The van der Waals surface area contributed by atoms with Crippen molar-refractivity contribution in [2.75, 3.05) is 19.7 Å². The SMILES string of the molecule is O=C(O)C(=O)O.c1ccc(C2(CNCC3COc4ccccc4O3)CCCC2)cc1. The summed E-state index contributed by atoms with van der Waals surface area (Å²) in [6.07, 6.45) is 5.28. The van der Waals surface area contributed by atoms with Gasteiger partial charge in [-0.05, 0) is 30.5 Å². The van der Waals surface area contributed by atoms with Crippen molar-refractivity contribution < 1.29 is 29.3 Å². The molecule has 1 aliphatic heterocycles. The number of fused-ring (bicyclic) bond motifs is 1. The van der Waals surface area contributed by atoms with E-state index in [9.17, 15) is 0 Å². The third kappa shape index (κ3) is 5.51. The van der Waals surface area contributed by atoms with Crippen LogP contribution in [0.1, 0.15) is 31.2 Å². The Labute approximate surface area is 175 Å². The van der Waals surface area contributed by atoms with Gasteiger partial charge in [0, 0.05) is 18.5 Å². The molecule has 0 amide bonds. The second-order valence-corrected chi connectivity index (χ2v) is 7.59. The second-order valence-electron chi connectivity index (χ2n) is 7.59. The summed E-state index contributed by atoms with van der Waals surface area (Å²) in [5.74, 6) is -1.94. The smallest absolute Gasteiger partial charge is 0.414 e. The van der Waals surface area contributed by atoms with Crippen LogP contribution in [0, 0.1) is 0 Å². The molecule has 7 heteroatoms. The molecule has 0 aromatic heterocycles. The number of benzene rings is 2. The summed E-state index contributed by atoms with van der Waals surface area (Å²) in [4.78, 5) is 18.2. The van der Waals surface area contributed by atoms with Gasteiger partial charge in [0.1, 0.15) is 12.7 Å².